The van der Waals surface area contributed by atoms with Crippen LogP contribution in [0.1, 0.15) is 16.6 Å². The average Bonchev–Trinajstić information content (AvgIpc) is 2.63. The van der Waals surface area contributed by atoms with Crippen molar-refractivity contribution in [2.24, 2.45) is 0 Å². The Balaban J connectivity index is 2.60. The van der Waals surface area contributed by atoms with Gasteiger partial charge in [0.2, 0.25) is 5.91 Å². The first-order valence-electron chi connectivity index (χ1n) is 4.32. The molecular formula is C9H11BrN2O2S. The standard InChI is InChI=1S/C9H11BrN2O2S/c1-5(8(13)11-2)12-9(14)6-3-4-7(10)15-6/h3-5H,1-2H3,(H,11,13)(H,12,14). The highest BCUT2D eigenvalue weighted by atomic mass is 79.9. The molecule has 82 valence electrons. The molecule has 0 spiro atoms. The summed E-state index contributed by atoms with van der Waals surface area (Å²) in [5.41, 5.74) is 0. The number of amides is 2. The maximum atomic E-state index is 11.6. The van der Waals surface area contributed by atoms with E-state index in [0.717, 1.165) is 3.79 Å². The number of carbonyl (C=O) groups excluding carboxylic acids is 2. The van der Waals surface area contributed by atoms with Crippen LogP contribution in [0, 0.1) is 0 Å². The topological polar surface area (TPSA) is 58.2 Å². The minimum Gasteiger partial charge on any atom is -0.357 e. The molecular weight excluding hydrogens is 280 g/mol. The summed E-state index contributed by atoms with van der Waals surface area (Å²) in [6, 6.07) is 2.98. The molecule has 0 saturated carbocycles. The van der Waals surface area contributed by atoms with Crippen LogP contribution in [0.3, 0.4) is 0 Å². The molecule has 0 fully saturated rings. The first kappa shape index (κ1) is 12.2. The van der Waals surface area contributed by atoms with Gasteiger partial charge in [0.1, 0.15) is 6.04 Å². The lowest BCUT2D eigenvalue weighted by molar-refractivity contribution is -0.122. The summed E-state index contributed by atoms with van der Waals surface area (Å²) >= 11 is 4.60. The van der Waals surface area contributed by atoms with Gasteiger partial charge in [0.25, 0.3) is 5.91 Å². The molecule has 1 unspecified atom stereocenters. The quantitative estimate of drug-likeness (QED) is 0.884. The molecule has 1 heterocycles. The molecule has 0 aromatic carbocycles. The summed E-state index contributed by atoms with van der Waals surface area (Å²) in [4.78, 5) is 23.3. The van der Waals surface area contributed by atoms with Gasteiger partial charge < -0.3 is 10.6 Å². The summed E-state index contributed by atoms with van der Waals surface area (Å²) in [7, 11) is 1.53. The number of rotatable bonds is 3. The number of hydrogen-bond donors (Lipinski definition) is 2. The minimum atomic E-state index is -0.525. The molecule has 0 radical (unpaired) electrons. The summed E-state index contributed by atoms with van der Waals surface area (Å²) < 4.78 is 0.889. The molecule has 1 atom stereocenters. The van der Waals surface area contributed by atoms with Crippen LogP contribution >= 0.6 is 27.3 Å². The Bertz CT molecular complexity index is 378. The van der Waals surface area contributed by atoms with Gasteiger partial charge in [-0.15, -0.1) is 11.3 Å². The number of thiophene rings is 1. The van der Waals surface area contributed by atoms with E-state index in [1.807, 2.05) is 0 Å². The van der Waals surface area contributed by atoms with Crippen molar-refractivity contribution in [3.8, 4) is 0 Å². The maximum absolute atomic E-state index is 11.6. The van der Waals surface area contributed by atoms with Gasteiger partial charge in [0.15, 0.2) is 0 Å². The lowest BCUT2D eigenvalue weighted by atomic mass is 10.3. The van der Waals surface area contributed by atoms with E-state index >= 15 is 0 Å². The van der Waals surface area contributed by atoms with Crippen LogP contribution in [-0.4, -0.2) is 24.9 Å². The van der Waals surface area contributed by atoms with Gasteiger partial charge in [-0.3, -0.25) is 9.59 Å². The van der Waals surface area contributed by atoms with Crippen molar-refractivity contribution in [1.29, 1.82) is 0 Å². The van der Waals surface area contributed by atoms with Gasteiger partial charge in [0.05, 0.1) is 8.66 Å². The third-order valence-corrected chi connectivity index (χ3v) is 3.41. The highest BCUT2D eigenvalue weighted by molar-refractivity contribution is 9.11. The van der Waals surface area contributed by atoms with Crippen LogP contribution in [-0.2, 0) is 4.79 Å². The van der Waals surface area contributed by atoms with E-state index in [1.54, 1.807) is 19.1 Å². The normalized spacial score (nSPS) is 11.9. The molecule has 1 aromatic heterocycles. The zero-order valence-electron chi connectivity index (χ0n) is 8.33. The van der Waals surface area contributed by atoms with Gasteiger partial charge in [-0.25, -0.2) is 0 Å². The molecule has 2 N–H and O–H groups in total. The van der Waals surface area contributed by atoms with Gasteiger partial charge in [0, 0.05) is 7.05 Å². The third-order valence-electron chi connectivity index (χ3n) is 1.78. The van der Waals surface area contributed by atoms with Crippen molar-refractivity contribution in [2.75, 3.05) is 7.05 Å². The van der Waals surface area contributed by atoms with Crippen LogP contribution in [0.25, 0.3) is 0 Å². The first-order valence-corrected chi connectivity index (χ1v) is 5.93. The predicted molar refractivity (Wildman–Crippen MR) is 63.0 cm³/mol. The summed E-state index contributed by atoms with van der Waals surface area (Å²) in [6.07, 6.45) is 0. The number of halogens is 1. The SMILES string of the molecule is CNC(=O)C(C)NC(=O)c1ccc(Br)s1. The van der Waals surface area contributed by atoms with Gasteiger partial charge in [-0.2, -0.15) is 0 Å². The number of nitrogens with one attached hydrogen (secondary N) is 2. The Morgan fingerprint density at radius 2 is 2.13 bits per heavy atom. The van der Waals surface area contributed by atoms with Crippen molar-refractivity contribution in [1.82, 2.24) is 10.6 Å². The predicted octanol–water partition coefficient (Wildman–Crippen LogP) is 1.37. The lowest BCUT2D eigenvalue weighted by Crippen LogP contribution is -2.43. The van der Waals surface area contributed by atoms with E-state index < -0.39 is 6.04 Å². The van der Waals surface area contributed by atoms with E-state index in [0.29, 0.717) is 4.88 Å². The third kappa shape index (κ3) is 3.32. The summed E-state index contributed by atoms with van der Waals surface area (Å²) in [5, 5.41) is 5.07. The van der Waals surface area contributed by atoms with Crippen molar-refractivity contribution in [3.05, 3.63) is 20.8 Å². The Kier molecular flexibility index (Phi) is 4.28. The number of likely N-dealkylation sites (N-methyl/N-ethyl adjacent to an activating group) is 1. The minimum absolute atomic E-state index is 0.209. The highest BCUT2D eigenvalue weighted by Crippen LogP contribution is 2.21. The summed E-state index contributed by atoms with van der Waals surface area (Å²) in [5.74, 6) is -0.444. The Morgan fingerprint density at radius 1 is 1.47 bits per heavy atom. The Hall–Kier alpha value is -0.880. The Morgan fingerprint density at radius 3 is 2.60 bits per heavy atom. The van der Waals surface area contributed by atoms with Crippen LogP contribution in [0.5, 0.6) is 0 Å². The van der Waals surface area contributed by atoms with E-state index in [4.69, 9.17) is 0 Å². The largest absolute Gasteiger partial charge is 0.357 e. The first-order chi connectivity index (χ1) is 7.04. The second kappa shape index (κ2) is 5.27. The molecule has 0 aliphatic rings. The van der Waals surface area contributed by atoms with E-state index in [1.165, 1.54) is 18.4 Å². The monoisotopic (exact) mass is 290 g/mol. The molecule has 0 aliphatic heterocycles. The molecule has 15 heavy (non-hydrogen) atoms. The Labute approximate surface area is 100 Å². The van der Waals surface area contributed by atoms with Crippen LogP contribution < -0.4 is 10.6 Å². The van der Waals surface area contributed by atoms with Crippen molar-refractivity contribution in [3.63, 3.8) is 0 Å². The zero-order chi connectivity index (χ0) is 11.4. The van der Waals surface area contributed by atoms with Gasteiger partial charge in [-0.1, -0.05) is 0 Å². The maximum Gasteiger partial charge on any atom is 0.262 e. The molecule has 6 heteroatoms. The molecule has 1 rings (SSSR count). The molecule has 0 aliphatic carbocycles. The number of hydrogen-bond acceptors (Lipinski definition) is 3. The van der Waals surface area contributed by atoms with Gasteiger partial charge >= 0.3 is 0 Å². The number of carbonyl (C=O) groups is 2. The lowest BCUT2D eigenvalue weighted by Gasteiger charge is -2.10. The van der Waals surface area contributed by atoms with Crippen LogP contribution in [0.2, 0.25) is 0 Å². The van der Waals surface area contributed by atoms with Gasteiger partial charge in [-0.05, 0) is 35.0 Å². The summed E-state index contributed by atoms with van der Waals surface area (Å²) in [6.45, 7) is 1.64. The van der Waals surface area contributed by atoms with Crippen LogP contribution in [0.15, 0.2) is 15.9 Å². The smallest absolute Gasteiger partial charge is 0.262 e. The molecule has 4 nitrogen and oxygen atoms in total. The second-order valence-corrected chi connectivity index (χ2v) is 5.38. The van der Waals surface area contributed by atoms with Crippen molar-refractivity contribution >= 4 is 39.1 Å². The fourth-order valence-corrected chi connectivity index (χ4v) is 2.28. The molecule has 1 aromatic rings. The second-order valence-electron chi connectivity index (χ2n) is 2.91. The fourth-order valence-electron chi connectivity index (χ4n) is 0.986. The zero-order valence-corrected chi connectivity index (χ0v) is 10.7. The highest BCUT2D eigenvalue weighted by Gasteiger charge is 2.16. The van der Waals surface area contributed by atoms with E-state index in [2.05, 4.69) is 26.6 Å². The van der Waals surface area contributed by atoms with Crippen LogP contribution in [0.4, 0.5) is 0 Å². The molecule has 0 saturated heterocycles. The molecule has 2 amide bonds. The van der Waals surface area contributed by atoms with E-state index in [9.17, 15) is 9.59 Å². The average molecular weight is 291 g/mol. The van der Waals surface area contributed by atoms with E-state index in [-0.39, 0.29) is 11.8 Å². The fraction of sp³-hybridized carbons (Fsp3) is 0.333. The van der Waals surface area contributed by atoms with Crippen molar-refractivity contribution < 1.29 is 9.59 Å². The molecule has 0 bridgehead atoms. The van der Waals surface area contributed by atoms with Crippen molar-refractivity contribution in [2.45, 2.75) is 13.0 Å².